The zero-order valence-corrected chi connectivity index (χ0v) is 16.3. The number of ketones is 1. The number of rotatable bonds is 3. The van der Waals surface area contributed by atoms with Crippen molar-refractivity contribution in [2.75, 3.05) is 4.90 Å². The van der Waals surface area contributed by atoms with E-state index < -0.39 is 17.7 Å². The average molecular weight is 383 g/mol. The summed E-state index contributed by atoms with van der Waals surface area (Å²) in [6, 6.07) is 23.3. The summed E-state index contributed by atoms with van der Waals surface area (Å²) in [6.07, 6.45) is 0. The van der Waals surface area contributed by atoms with Crippen LogP contribution in [0.1, 0.15) is 28.3 Å². The largest absolute Gasteiger partial charge is 0.507 e. The minimum atomic E-state index is -0.697. The van der Waals surface area contributed by atoms with Crippen LogP contribution in [-0.4, -0.2) is 16.8 Å². The SMILES string of the molecule is Cc1cccc(C2/C(=C(\O)c3ccccc3)C(=O)C(=O)N2c2cccc(C)c2)c1. The molecule has 4 heteroatoms. The van der Waals surface area contributed by atoms with Gasteiger partial charge in [0.2, 0.25) is 0 Å². The number of benzene rings is 3. The normalized spacial score (nSPS) is 18.3. The van der Waals surface area contributed by atoms with Crippen LogP contribution in [0, 0.1) is 13.8 Å². The summed E-state index contributed by atoms with van der Waals surface area (Å²) in [7, 11) is 0. The number of aliphatic hydroxyl groups is 1. The molecule has 3 aromatic rings. The molecule has 0 radical (unpaired) electrons. The third kappa shape index (κ3) is 3.34. The number of hydrogen-bond donors (Lipinski definition) is 1. The van der Waals surface area contributed by atoms with Gasteiger partial charge in [0.15, 0.2) is 0 Å². The average Bonchev–Trinajstić information content (AvgIpc) is 2.99. The monoisotopic (exact) mass is 383 g/mol. The van der Waals surface area contributed by atoms with Crippen LogP contribution in [-0.2, 0) is 9.59 Å². The number of anilines is 1. The van der Waals surface area contributed by atoms with Gasteiger partial charge in [-0.2, -0.15) is 0 Å². The maximum atomic E-state index is 13.1. The van der Waals surface area contributed by atoms with Crippen molar-refractivity contribution in [3.05, 3.63) is 107 Å². The molecule has 1 N–H and O–H groups in total. The molecule has 1 aliphatic heterocycles. The topological polar surface area (TPSA) is 57.6 Å². The van der Waals surface area contributed by atoms with Crippen LogP contribution in [0.15, 0.2) is 84.4 Å². The maximum Gasteiger partial charge on any atom is 0.300 e. The lowest BCUT2D eigenvalue weighted by atomic mass is 9.94. The van der Waals surface area contributed by atoms with Crippen LogP contribution in [0.3, 0.4) is 0 Å². The molecular weight excluding hydrogens is 362 g/mol. The molecule has 0 saturated carbocycles. The highest BCUT2D eigenvalue weighted by atomic mass is 16.3. The zero-order chi connectivity index (χ0) is 20.5. The fourth-order valence-electron chi connectivity index (χ4n) is 3.78. The minimum absolute atomic E-state index is 0.105. The summed E-state index contributed by atoms with van der Waals surface area (Å²) in [5.74, 6) is -1.48. The quantitative estimate of drug-likeness (QED) is 0.396. The Bertz CT molecular complexity index is 1130. The van der Waals surface area contributed by atoms with Crippen molar-refractivity contribution in [1.82, 2.24) is 0 Å². The van der Waals surface area contributed by atoms with E-state index in [1.165, 1.54) is 4.90 Å². The van der Waals surface area contributed by atoms with E-state index >= 15 is 0 Å². The highest BCUT2D eigenvalue weighted by Gasteiger charge is 2.46. The third-order valence-corrected chi connectivity index (χ3v) is 5.13. The van der Waals surface area contributed by atoms with Gasteiger partial charge in [0, 0.05) is 11.3 Å². The second-order valence-corrected chi connectivity index (χ2v) is 7.29. The molecule has 144 valence electrons. The number of carbonyl (C=O) groups is 2. The van der Waals surface area contributed by atoms with Gasteiger partial charge in [-0.1, -0.05) is 72.3 Å². The summed E-state index contributed by atoms with van der Waals surface area (Å²) < 4.78 is 0. The molecule has 1 fully saturated rings. The smallest absolute Gasteiger partial charge is 0.300 e. The molecule has 0 bridgehead atoms. The summed E-state index contributed by atoms with van der Waals surface area (Å²) in [4.78, 5) is 27.6. The standard InChI is InChI=1S/C25H21NO3/c1-16-8-6-12-19(14-16)22-21(23(27)18-10-4-3-5-11-18)24(28)25(29)26(22)20-13-7-9-17(2)15-20/h3-15,22,27H,1-2H3/b23-21+. The summed E-state index contributed by atoms with van der Waals surface area (Å²) in [5.41, 5.74) is 4.02. The summed E-state index contributed by atoms with van der Waals surface area (Å²) in [5, 5.41) is 11.0. The molecule has 0 aromatic heterocycles. The van der Waals surface area contributed by atoms with Crippen LogP contribution in [0.2, 0.25) is 0 Å². The molecular formula is C25H21NO3. The summed E-state index contributed by atoms with van der Waals surface area (Å²) >= 11 is 0. The number of nitrogens with zero attached hydrogens (tertiary/aromatic N) is 1. The molecule has 29 heavy (non-hydrogen) atoms. The first-order chi connectivity index (χ1) is 14.0. The Morgan fingerprint density at radius 2 is 1.48 bits per heavy atom. The van der Waals surface area contributed by atoms with Gasteiger partial charge in [-0.15, -0.1) is 0 Å². The van der Waals surface area contributed by atoms with E-state index in [1.807, 2.05) is 68.4 Å². The van der Waals surface area contributed by atoms with Crippen molar-refractivity contribution in [2.24, 2.45) is 0 Å². The van der Waals surface area contributed by atoms with Crippen molar-refractivity contribution in [3.63, 3.8) is 0 Å². The molecule has 3 aromatic carbocycles. The van der Waals surface area contributed by atoms with Crippen molar-refractivity contribution in [1.29, 1.82) is 0 Å². The minimum Gasteiger partial charge on any atom is -0.507 e. The lowest BCUT2D eigenvalue weighted by molar-refractivity contribution is -0.132. The van der Waals surface area contributed by atoms with Crippen LogP contribution in [0.5, 0.6) is 0 Å². The van der Waals surface area contributed by atoms with E-state index in [0.717, 1.165) is 16.7 Å². The zero-order valence-electron chi connectivity index (χ0n) is 16.3. The Kier molecular flexibility index (Phi) is 4.77. The first kappa shape index (κ1) is 18.7. The molecule has 0 spiro atoms. The van der Waals surface area contributed by atoms with Gasteiger partial charge in [-0.25, -0.2) is 0 Å². The fourth-order valence-corrected chi connectivity index (χ4v) is 3.78. The van der Waals surface area contributed by atoms with E-state index in [9.17, 15) is 14.7 Å². The van der Waals surface area contributed by atoms with Gasteiger partial charge in [-0.3, -0.25) is 14.5 Å². The molecule has 0 aliphatic carbocycles. The van der Waals surface area contributed by atoms with Crippen LogP contribution in [0.4, 0.5) is 5.69 Å². The first-order valence-electron chi connectivity index (χ1n) is 9.47. The third-order valence-electron chi connectivity index (χ3n) is 5.13. The Hall–Kier alpha value is -3.66. The number of amides is 1. The number of aliphatic hydroxyl groups excluding tert-OH is 1. The van der Waals surface area contributed by atoms with Crippen molar-refractivity contribution in [3.8, 4) is 0 Å². The Balaban J connectivity index is 1.97. The summed E-state index contributed by atoms with van der Waals surface area (Å²) in [6.45, 7) is 3.89. The van der Waals surface area contributed by atoms with Crippen LogP contribution >= 0.6 is 0 Å². The Morgan fingerprint density at radius 1 is 0.828 bits per heavy atom. The van der Waals surface area contributed by atoms with Gasteiger partial charge in [0.25, 0.3) is 11.7 Å². The van der Waals surface area contributed by atoms with E-state index in [-0.39, 0.29) is 11.3 Å². The highest BCUT2D eigenvalue weighted by molar-refractivity contribution is 6.51. The van der Waals surface area contributed by atoms with E-state index in [1.54, 1.807) is 24.3 Å². The molecule has 1 amide bonds. The Morgan fingerprint density at radius 3 is 2.14 bits per heavy atom. The molecule has 1 atom stereocenters. The molecule has 4 nitrogen and oxygen atoms in total. The van der Waals surface area contributed by atoms with Gasteiger partial charge < -0.3 is 5.11 Å². The van der Waals surface area contributed by atoms with E-state index in [4.69, 9.17) is 0 Å². The van der Waals surface area contributed by atoms with Crippen LogP contribution in [0.25, 0.3) is 5.76 Å². The van der Waals surface area contributed by atoms with E-state index in [2.05, 4.69) is 0 Å². The maximum absolute atomic E-state index is 13.1. The number of carbonyl (C=O) groups excluding carboxylic acids is 2. The lowest BCUT2D eigenvalue weighted by Gasteiger charge is -2.26. The molecule has 1 saturated heterocycles. The van der Waals surface area contributed by atoms with Crippen molar-refractivity contribution < 1.29 is 14.7 Å². The predicted molar refractivity (Wildman–Crippen MR) is 114 cm³/mol. The highest BCUT2D eigenvalue weighted by Crippen LogP contribution is 2.42. The Labute approximate surface area is 169 Å². The first-order valence-corrected chi connectivity index (χ1v) is 9.47. The van der Waals surface area contributed by atoms with Gasteiger partial charge >= 0.3 is 0 Å². The van der Waals surface area contributed by atoms with Crippen molar-refractivity contribution in [2.45, 2.75) is 19.9 Å². The molecule has 4 rings (SSSR count). The number of hydrogen-bond acceptors (Lipinski definition) is 3. The number of Topliss-reactive ketones (excluding diaryl/α,β-unsaturated/α-hetero) is 1. The fraction of sp³-hybridized carbons (Fsp3) is 0.120. The predicted octanol–water partition coefficient (Wildman–Crippen LogP) is 4.93. The molecule has 1 aliphatic rings. The molecule has 1 heterocycles. The van der Waals surface area contributed by atoms with Gasteiger partial charge in [0.1, 0.15) is 5.76 Å². The molecule has 1 unspecified atom stereocenters. The second-order valence-electron chi connectivity index (χ2n) is 7.29. The van der Waals surface area contributed by atoms with Crippen molar-refractivity contribution >= 4 is 23.1 Å². The van der Waals surface area contributed by atoms with Gasteiger partial charge in [-0.05, 0) is 37.1 Å². The van der Waals surface area contributed by atoms with Gasteiger partial charge in [0.05, 0.1) is 11.6 Å². The second kappa shape index (κ2) is 7.40. The van der Waals surface area contributed by atoms with Crippen LogP contribution < -0.4 is 4.90 Å². The number of aryl methyl sites for hydroxylation is 2. The van der Waals surface area contributed by atoms with E-state index in [0.29, 0.717) is 11.3 Å². The lowest BCUT2D eigenvalue weighted by Crippen LogP contribution is -2.29.